The van der Waals surface area contributed by atoms with Gasteiger partial charge in [-0.2, -0.15) is 0 Å². The third kappa shape index (κ3) is 2.51. The Hall–Kier alpha value is -2.61. The highest BCUT2D eigenvalue weighted by Gasteiger charge is 2.65. The summed E-state index contributed by atoms with van der Waals surface area (Å²) in [5.41, 5.74) is 0.841. The van der Waals surface area contributed by atoms with Gasteiger partial charge in [0.25, 0.3) is 0 Å². The van der Waals surface area contributed by atoms with Crippen LogP contribution >= 0.6 is 0 Å². The number of nitrogens with one attached hydrogen (secondary N) is 1. The summed E-state index contributed by atoms with van der Waals surface area (Å²) < 4.78 is 4.79. The number of anilines is 1. The number of carbonyl (C=O) groups excluding carboxylic acids is 3. The molecule has 8 nitrogen and oxygen atoms in total. The number of nitrogens with zero attached hydrogens (tertiary/aromatic N) is 3. The number of hydrogen-bond donors (Lipinski definition) is 1. The molecule has 4 aliphatic heterocycles. The maximum absolute atomic E-state index is 13.7. The van der Waals surface area contributed by atoms with E-state index in [1.165, 1.54) is 7.11 Å². The summed E-state index contributed by atoms with van der Waals surface area (Å²) in [6, 6.07) is 8.03. The minimum Gasteiger partial charge on any atom is -0.453 e. The van der Waals surface area contributed by atoms with E-state index in [1.54, 1.807) is 4.90 Å². The van der Waals surface area contributed by atoms with Crippen LogP contribution in [0.1, 0.15) is 24.8 Å². The van der Waals surface area contributed by atoms with E-state index in [4.69, 9.17) is 4.74 Å². The van der Waals surface area contributed by atoms with Crippen LogP contribution in [0.25, 0.3) is 0 Å². The zero-order valence-corrected chi connectivity index (χ0v) is 16.6. The fourth-order valence-corrected chi connectivity index (χ4v) is 5.82. The van der Waals surface area contributed by atoms with Gasteiger partial charge in [-0.25, -0.2) is 4.79 Å². The molecule has 0 unspecified atom stereocenters. The van der Waals surface area contributed by atoms with Gasteiger partial charge in [0.05, 0.1) is 13.0 Å². The molecule has 29 heavy (non-hydrogen) atoms. The summed E-state index contributed by atoms with van der Waals surface area (Å²) in [6.45, 7) is 2.68. The molecule has 0 aromatic heterocycles. The van der Waals surface area contributed by atoms with Crippen molar-refractivity contribution in [3.63, 3.8) is 0 Å². The Bertz CT molecular complexity index is 866. The van der Waals surface area contributed by atoms with Gasteiger partial charge in [-0.1, -0.05) is 18.2 Å². The van der Waals surface area contributed by atoms with Crippen LogP contribution < -0.4 is 5.32 Å². The molecule has 3 fully saturated rings. The van der Waals surface area contributed by atoms with Crippen molar-refractivity contribution < 1.29 is 19.1 Å². The number of rotatable bonds is 1. The minimum atomic E-state index is -0.908. The molecule has 0 aliphatic carbocycles. The molecule has 4 heterocycles. The first-order valence-corrected chi connectivity index (χ1v) is 10.4. The number of hydrogen-bond acceptors (Lipinski definition) is 5. The number of benzene rings is 1. The largest absolute Gasteiger partial charge is 0.453 e. The molecule has 0 bridgehead atoms. The molecule has 8 heteroatoms. The van der Waals surface area contributed by atoms with Crippen LogP contribution in [0.4, 0.5) is 10.5 Å². The van der Waals surface area contributed by atoms with E-state index in [1.807, 2.05) is 29.2 Å². The van der Waals surface area contributed by atoms with Crippen LogP contribution in [-0.2, 0) is 19.9 Å². The van der Waals surface area contributed by atoms with Gasteiger partial charge in [0.2, 0.25) is 11.8 Å². The molecule has 3 amide bonds. The number of methoxy groups -OCH3 is 1. The first-order chi connectivity index (χ1) is 14.1. The fraction of sp³-hybridized carbons (Fsp3) is 0.571. The smallest absolute Gasteiger partial charge is 0.409 e. The van der Waals surface area contributed by atoms with Gasteiger partial charge in [-0.15, -0.1) is 0 Å². The maximum atomic E-state index is 13.7. The lowest BCUT2D eigenvalue weighted by atomic mass is 9.78. The van der Waals surface area contributed by atoms with Crippen LogP contribution in [0, 0.1) is 5.92 Å². The topological polar surface area (TPSA) is 82.2 Å². The molecule has 154 valence electrons. The second-order valence-corrected chi connectivity index (χ2v) is 8.33. The molecular formula is C21H26N4O4. The molecule has 1 aromatic rings. The Labute approximate surface area is 169 Å². The van der Waals surface area contributed by atoms with Crippen LogP contribution in [0.2, 0.25) is 0 Å². The third-order valence-corrected chi connectivity index (χ3v) is 7.10. The van der Waals surface area contributed by atoms with Crippen molar-refractivity contribution in [1.82, 2.24) is 14.7 Å². The van der Waals surface area contributed by atoms with Crippen molar-refractivity contribution in [2.45, 2.75) is 30.8 Å². The Kier molecular flexibility index (Phi) is 4.27. The van der Waals surface area contributed by atoms with Crippen molar-refractivity contribution in [3.05, 3.63) is 29.8 Å². The van der Waals surface area contributed by atoms with Crippen molar-refractivity contribution in [2.24, 2.45) is 5.92 Å². The normalized spacial score (nSPS) is 31.0. The standard InChI is InChI=1S/C21H26N4O4/c1-29-20(28)24-11-9-23(10-12-24)18(26)16-13-14-5-4-8-25(14)21(16)15-6-2-3-7-17(15)22-19(21)27/h2-3,6-7,14,16H,4-5,8-13H2,1H3,(H,22,27)/t14-,16+,21+/m1/s1. The minimum absolute atomic E-state index is 0.0239. The van der Waals surface area contributed by atoms with Crippen LogP contribution in [0.15, 0.2) is 24.3 Å². The fourth-order valence-electron chi connectivity index (χ4n) is 5.82. The van der Waals surface area contributed by atoms with Gasteiger partial charge in [0.1, 0.15) is 5.54 Å². The summed E-state index contributed by atoms with van der Waals surface area (Å²) >= 11 is 0. The lowest BCUT2D eigenvalue weighted by Crippen LogP contribution is -2.57. The average molecular weight is 398 g/mol. The maximum Gasteiger partial charge on any atom is 0.409 e. The van der Waals surface area contributed by atoms with Gasteiger partial charge in [-0.3, -0.25) is 14.5 Å². The molecule has 5 rings (SSSR count). The monoisotopic (exact) mass is 398 g/mol. The number of piperazine rings is 1. The number of carbonyl (C=O) groups is 3. The second-order valence-electron chi connectivity index (χ2n) is 8.33. The summed E-state index contributed by atoms with van der Waals surface area (Å²) in [7, 11) is 1.37. The zero-order valence-electron chi connectivity index (χ0n) is 16.6. The van der Waals surface area contributed by atoms with Crippen molar-refractivity contribution in [1.29, 1.82) is 0 Å². The van der Waals surface area contributed by atoms with E-state index in [0.717, 1.165) is 30.6 Å². The predicted octanol–water partition coefficient (Wildman–Crippen LogP) is 1.23. The highest BCUT2D eigenvalue weighted by Crippen LogP contribution is 2.55. The summed E-state index contributed by atoms with van der Waals surface area (Å²) in [4.78, 5) is 44.5. The van der Waals surface area contributed by atoms with E-state index in [0.29, 0.717) is 32.6 Å². The Morgan fingerprint density at radius 3 is 2.59 bits per heavy atom. The molecule has 3 saturated heterocycles. The lowest BCUT2D eigenvalue weighted by Gasteiger charge is -2.40. The van der Waals surface area contributed by atoms with Crippen LogP contribution in [-0.4, -0.2) is 78.5 Å². The van der Waals surface area contributed by atoms with Gasteiger partial charge in [0, 0.05) is 43.5 Å². The van der Waals surface area contributed by atoms with E-state index in [-0.39, 0.29) is 23.9 Å². The highest BCUT2D eigenvalue weighted by atomic mass is 16.5. The SMILES string of the molecule is COC(=O)N1CCN(C(=O)[C@@H]2C[C@H]3CCCN3[C@]23C(=O)Nc2ccccc23)CC1. The van der Waals surface area contributed by atoms with E-state index < -0.39 is 11.5 Å². The third-order valence-electron chi connectivity index (χ3n) is 7.10. The molecule has 1 aromatic carbocycles. The van der Waals surface area contributed by atoms with Gasteiger partial charge in [0.15, 0.2) is 0 Å². The van der Waals surface area contributed by atoms with E-state index in [2.05, 4.69) is 10.2 Å². The molecule has 1 spiro atoms. The number of ether oxygens (including phenoxy) is 1. The Morgan fingerprint density at radius 1 is 1.10 bits per heavy atom. The van der Waals surface area contributed by atoms with Crippen LogP contribution in [0.5, 0.6) is 0 Å². The lowest BCUT2D eigenvalue weighted by molar-refractivity contribution is -0.145. The van der Waals surface area contributed by atoms with Gasteiger partial charge < -0.3 is 19.9 Å². The first-order valence-electron chi connectivity index (χ1n) is 10.4. The predicted molar refractivity (Wildman–Crippen MR) is 105 cm³/mol. The van der Waals surface area contributed by atoms with Crippen LogP contribution in [0.3, 0.4) is 0 Å². The highest BCUT2D eigenvalue weighted by molar-refractivity contribution is 6.09. The first kappa shape index (κ1) is 18.4. The van der Waals surface area contributed by atoms with Gasteiger partial charge >= 0.3 is 6.09 Å². The number of para-hydroxylation sites is 1. The zero-order chi connectivity index (χ0) is 20.2. The second kappa shape index (κ2) is 6.73. The van der Waals surface area contributed by atoms with Crippen molar-refractivity contribution >= 4 is 23.6 Å². The summed E-state index contributed by atoms with van der Waals surface area (Å²) in [5.74, 6) is -0.452. The quantitative estimate of drug-likeness (QED) is 0.770. The number of amides is 3. The molecule has 3 atom stereocenters. The summed E-state index contributed by atoms with van der Waals surface area (Å²) in [6.07, 6.45) is 2.43. The Balaban J connectivity index is 1.46. The number of fused-ring (bicyclic) bond motifs is 4. The summed E-state index contributed by atoms with van der Waals surface area (Å²) in [5, 5.41) is 3.04. The van der Waals surface area contributed by atoms with Crippen molar-refractivity contribution in [3.8, 4) is 0 Å². The van der Waals surface area contributed by atoms with E-state index in [9.17, 15) is 14.4 Å². The van der Waals surface area contributed by atoms with Crippen molar-refractivity contribution in [2.75, 3.05) is 45.2 Å². The molecule has 1 N–H and O–H groups in total. The molecule has 4 aliphatic rings. The van der Waals surface area contributed by atoms with E-state index >= 15 is 0 Å². The average Bonchev–Trinajstić information content (AvgIpc) is 3.41. The molecular weight excluding hydrogens is 372 g/mol. The molecule has 0 saturated carbocycles. The molecule has 0 radical (unpaired) electrons. The van der Waals surface area contributed by atoms with Gasteiger partial charge in [-0.05, 0) is 31.9 Å². The Morgan fingerprint density at radius 2 is 1.83 bits per heavy atom.